The number of rotatable bonds is 0. The summed E-state index contributed by atoms with van der Waals surface area (Å²) >= 11 is 0. The van der Waals surface area contributed by atoms with Gasteiger partial charge in [0.25, 0.3) is 0 Å². The molecule has 0 aromatic carbocycles. The molecule has 0 amide bonds. The predicted molar refractivity (Wildman–Crippen MR) is 52.3 cm³/mol. The molecule has 0 radical (unpaired) electrons. The Bertz CT molecular complexity index is 124. The normalized spacial score (nSPS) is 15.9. The molecule has 2 rings (SSSR count). The summed E-state index contributed by atoms with van der Waals surface area (Å²) in [5.74, 6) is 0. The van der Waals surface area contributed by atoms with Gasteiger partial charge in [-0.25, -0.2) is 0 Å². The Kier molecular flexibility index (Phi) is 24.4. The van der Waals surface area contributed by atoms with Crippen LogP contribution >= 0.6 is 0 Å². The molecule has 2 aliphatic heterocycles. The van der Waals surface area contributed by atoms with Gasteiger partial charge in [0.05, 0.1) is 0 Å². The maximum Gasteiger partial charge on any atom is 2.00 e. The molecular formula is H10B4CaO12. The van der Waals surface area contributed by atoms with Crippen molar-refractivity contribution in [3.05, 3.63) is 0 Å². The van der Waals surface area contributed by atoms with Gasteiger partial charge >= 0.3 is 67.0 Å². The molecule has 10 N–H and O–H groups in total. The minimum absolute atomic E-state index is 0. The Morgan fingerprint density at radius 2 is 0.765 bits per heavy atom. The molecule has 0 aliphatic carbocycles. The first-order valence-corrected chi connectivity index (χ1v) is 2.83. The molecule has 2 aliphatic rings. The van der Waals surface area contributed by atoms with Gasteiger partial charge in [0.1, 0.15) is 0 Å². The van der Waals surface area contributed by atoms with Gasteiger partial charge < -0.3 is 60.3 Å². The van der Waals surface area contributed by atoms with Crippen LogP contribution < -0.4 is 10.0 Å². The van der Waals surface area contributed by atoms with E-state index in [0.717, 1.165) is 0 Å². The third-order valence-corrected chi connectivity index (χ3v) is 1.11. The van der Waals surface area contributed by atoms with Gasteiger partial charge in [-0.3, -0.25) is 0 Å². The summed E-state index contributed by atoms with van der Waals surface area (Å²) in [6.45, 7) is 0. The third-order valence-electron chi connectivity index (χ3n) is 1.11. The molecular weight excluding hydrogens is 275 g/mol. The molecule has 12 nitrogen and oxygen atoms in total. The van der Waals surface area contributed by atoms with Crippen LogP contribution in [-0.4, -0.2) is 94.4 Å². The molecule has 0 unspecified atom stereocenters. The molecule has 17 heavy (non-hydrogen) atoms. The van der Waals surface area contributed by atoms with Gasteiger partial charge in [-0.1, -0.05) is 0 Å². The van der Waals surface area contributed by atoms with Crippen LogP contribution in [0, 0.1) is 0 Å². The average Bonchev–Trinajstić information content (AvgIpc) is 1.82. The van der Waals surface area contributed by atoms with E-state index in [9.17, 15) is 10.0 Å². The molecule has 0 saturated carbocycles. The molecule has 0 spiro atoms. The topological polar surface area (TPSA) is 250 Å². The van der Waals surface area contributed by atoms with Crippen molar-refractivity contribution < 1.29 is 60.3 Å². The van der Waals surface area contributed by atoms with Crippen LogP contribution in [0.15, 0.2) is 0 Å². The minimum Gasteiger partial charge on any atom is -0.833 e. The van der Waals surface area contributed by atoms with Crippen LogP contribution in [0.25, 0.3) is 0 Å². The van der Waals surface area contributed by atoms with Gasteiger partial charge in [-0.15, -0.1) is 0 Å². The van der Waals surface area contributed by atoms with Gasteiger partial charge in [-0.05, 0) is 0 Å². The fraction of sp³-hybridized carbons (Fsp3) is 0. The van der Waals surface area contributed by atoms with Crippen LogP contribution in [-0.2, 0) is 22.9 Å². The van der Waals surface area contributed by atoms with E-state index in [2.05, 4.69) is 22.9 Å². The summed E-state index contributed by atoms with van der Waals surface area (Å²) in [5, 5.41) is 21.0. The van der Waals surface area contributed by atoms with Crippen molar-refractivity contribution in [1.82, 2.24) is 0 Å². The predicted octanol–water partition coefficient (Wildman–Crippen LogP) is -8.75. The summed E-state index contributed by atoms with van der Waals surface area (Å²) in [5.41, 5.74) is 0. The summed E-state index contributed by atoms with van der Waals surface area (Å²) in [6, 6.07) is 0. The largest absolute Gasteiger partial charge is 2.00 e. The SMILES string of the molecule is O.O.O.O.O.[Ca+2].[O-]B1OB2OB([O-])OB(O1)O2. The zero-order chi connectivity index (χ0) is 7.84. The van der Waals surface area contributed by atoms with Crippen molar-refractivity contribution >= 4 is 67.0 Å². The van der Waals surface area contributed by atoms with Gasteiger partial charge in [0.2, 0.25) is 0 Å². The fourth-order valence-electron chi connectivity index (χ4n) is 0.710. The standard InChI is InChI=1S/B4O7.Ca.5H2O/c5-1-7-3-9-2(6)10-4(8-1)11-3;;;;;;/h;;5*1H2/q-2;+2;;;;;. The summed E-state index contributed by atoms with van der Waals surface area (Å²) in [4.78, 5) is 0. The van der Waals surface area contributed by atoms with E-state index in [4.69, 9.17) is 0 Å². The molecule has 0 aromatic rings. The van der Waals surface area contributed by atoms with E-state index in [1.807, 2.05) is 0 Å². The maximum absolute atomic E-state index is 10.5. The second-order valence-electron chi connectivity index (χ2n) is 1.84. The third kappa shape index (κ3) is 8.71. The zero-order valence-electron chi connectivity index (χ0n) is 8.37. The number of hydrogen-bond donors (Lipinski definition) is 0. The molecule has 17 heteroatoms. The van der Waals surface area contributed by atoms with E-state index < -0.39 is 29.3 Å². The Morgan fingerprint density at radius 1 is 0.529 bits per heavy atom. The zero-order valence-corrected chi connectivity index (χ0v) is 10.6. The second-order valence-corrected chi connectivity index (χ2v) is 1.84. The number of hydrogen-bond acceptors (Lipinski definition) is 7. The monoisotopic (exact) mass is 286 g/mol. The van der Waals surface area contributed by atoms with Crippen molar-refractivity contribution in [2.75, 3.05) is 0 Å². The van der Waals surface area contributed by atoms with Crippen LogP contribution in [0.2, 0.25) is 0 Å². The first kappa shape index (κ1) is 30.8. The summed E-state index contributed by atoms with van der Waals surface area (Å²) < 4.78 is 21.9. The van der Waals surface area contributed by atoms with Crippen molar-refractivity contribution in [3.63, 3.8) is 0 Å². The van der Waals surface area contributed by atoms with Crippen molar-refractivity contribution in [2.45, 2.75) is 0 Å². The Morgan fingerprint density at radius 3 is 1.00 bits per heavy atom. The first-order valence-electron chi connectivity index (χ1n) is 2.83. The van der Waals surface area contributed by atoms with E-state index in [1.165, 1.54) is 0 Å². The first-order chi connectivity index (χ1) is 5.24. The van der Waals surface area contributed by atoms with Crippen molar-refractivity contribution in [2.24, 2.45) is 0 Å². The van der Waals surface area contributed by atoms with Crippen molar-refractivity contribution in [3.8, 4) is 0 Å². The summed E-state index contributed by atoms with van der Waals surface area (Å²) in [6.07, 6.45) is 0. The molecule has 2 saturated heterocycles. The minimum atomic E-state index is -1.73. The van der Waals surface area contributed by atoms with Gasteiger partial charge in [0.15, 0.2) is 0 Å². The van der Waals surface area contributed by atoms with Crippen molar-refractivity contribution in [1.29, 1.82) is 0 Å². The molecule has 2 heterocycles. The Labute approximate surface area is 127 Å². The van der Waals surface area contributed by atoms with E-state index in [0.29, 0.717) is 0 Å². The molecule has 2 fully saturated rings. The maximum atomic E-state index is 10.5. The Hall–Kier alpha value is 1.04. The van der Waals surface area contributed by atoms with E-state index >= 15 is 0 Å². The van der Waals surface area contributed by atoms with Crippen LogP contribution in [0.3, 0.4) is 0 Å². The summed E-state index contributed by atoms with van der Waals surface area (Å²) in [7, 11) is -6.00. The quantitative estimate of drug-likeness (QED) is 0.387. The van der Waals surface area contributed by atoms with Crippen LogP contribution in [0.1, 0.15) is 0 Å². The molecule has 96 valence electrons. The van der Waals surface area contributed by atoms with Crippen LogP contribution in [0.4, 0.5) is 0 Å². The molecule has 0 atom stereocenters. The van der Waals surface area contributed by atoms with E-state index in [1.54, 1.807) is 0 Å². The van der Waals surface area contributed by atoms with E-state index in [-0.39, 0.29) is 65.1 Å². The fourth-order valence-corrected chi connectivity index (χ4v) is 0.710. The van der Waals surface area contributed by atoms with Crippen LogP contribution in [0.5, 0.6) is 0 Å². The van der Waals surface area contributed by atoms with Gasteiger partial charge in [0, 0.05) is 0 Å². The molecule has 2 bridgehead atoms. The average molecular weight is 285 g/mol. The smallest absolute Gasteiger partial charge is 0.833 e. The molecule has 0 aromatic heterocycles. The van der Waals surface area contributed by atoms with Gasteiger partial charge in [-0.2, -0.15) is 0 Å². The Balaban J connectivity index is -0.0000000800. The number of fused-ring (bicyclic) bond motifs is 2. The second kappa shape index (κ2) is 13.5.